The number of carbonyl (C=O) groups is 2. The van der Waals surface area contributed by atoms with Crippen LogP contribution in [0.25, 0.3) is 21.9 Å². The van der Waals surface area contributed by atoms with Crippen molar-refractivity contribution in [3.8, 4) is 0 Å². The van der Waals surface area contributed by atoms with Crippen molar-refractivity contribution in [1.82, 2.24) is 10.2 Å². The molecule has 1 saturated heterocycles. The van der Waals surface area contributed by atoms with Gasteiger partial charge in [-0.05, 0) is 6.07 Å². The molecule has 1 atom stereocenters. The number of carbonyl (C=O) groups excluding carboxylic acids is 1. The number of hydrogen-bond acceptors (Lipinski definition) is 4. The normalized spacial score (nSPS) is 18.6. The van der Waals surface area contributed by atoms with Crippen molar-refractivity contribution in [3.63, 3.8) is 0 Å². The van der Waals surface area contributed by atoms with Gasteiger partial charge >= 0.3 is 5.97 Å². The zero-order chi connectivity index (χ0) is 17.4. The maximum Gasteiger partial charge on any atom is 0.305 e. The molecule has 1 aliphatic heterocycles. The number of fused-ring (bicyclic) bond motifs is 3. The molecule has 2 heterocycles. The predicted molar refractivity (Wildman–Crippen MR) is 93.2 cm³/mol. The number of aliphatic carboxylic acids is 1. The van der Waals surface area contributed by atoms with Crippen LogP contribution < -0.4 is 5.32 Å². The Morgan fingerprint density at radius 3 is 2.84 bits per heavy atom. The Bertz CT molecular complexity index is 962. The van der Waals surface area contributed by atoms with Gasteiger partial charge < -0.3 is 14.8 Å². The lowest BCUT2D eigenvalue weighted by atomic mass is 10.1. The smallest absolute Gasteiger partial charge is 0.305 e. The summed E-state index contributed by atoms with van der Waals surface area (Å²) in [5, 5.41) is 13.9. The fourth-order valence-corrected chi connectivity index (χ4v) is 3.49. The van der Waals surface area contributed by atoms with E-state index in [1.165, 1.54) is 0 Å². The first kappa shape index (κ1) is 15.7. The SMILES string of the molecule is O=C(O)C[C@@H]1C(=O)NCCN1Cc1cccc2c1oc1ccccc12. The zero-order valence-corrected chi connectivity index (χ0v) is 13.6. The number of amides is 1. The Hall–Kier alpha value is -2.86. The highest BCUT2D eigenvalue weighted by Gasteiger charge is 2.32. The van der Waals surface area contributed by atoms with Crippen molar-refractivity contribution in [2.45, 2.75) is 19.0 Å². The minimum Gasteiger partial charge on any atom is -0.481 e. The number of carboxylic acid groups (broad SMARTS) is 1. The molecule has 4 rings (SSSR count). The third-order valence-corrected chi connectivity index (χ3v) is 4.67. The first-order valence-electron chi connectivity index (χ1n) is 8.26. The molecule has 1 aromatic heterocycles. The molecule has 25 heavy (non-hydrogen) atoms. The van der Waals surface area contributed by atoms with E-state index in [-0.39, 0.29) is 12.3 Å². The minimum absolute atomic E-state index is 0.206. The monoisotopic (exact) mass is 338 g/mol. The van der Waals surface area contributed by atoms with Gasteiger partial charge in [0, 0.05) is 36.0 Å². The number of hydrogen-bond donors (Lipinski definition) is 2. The van der Waals surface area contributed by atoms with Crippen molar-refractivity contribution in [3.05, 3.63) is 48.0 Å². The summed E-state index contributed by atoms with van der Waals surface area (Å²) in [4.78, 5) is 25.1. The summed E-state index contributed by atoms with van der Waals surface area (Å²) >= 11 is 0. The third-order valence-electron chi connectivity index (χ3n) is 4.67. The highest BCUT2D eigenvalue weighted by molar-refractivity contribution is 6.05. The molecule has 0 spiro atoms. The van der Waals surface area contributed by atoms with Crippen LogP contribution in [-0.2, 0) is 16.1 Å². The van der Waals surface area contributed by atoms with Crippen LogP contribution in [0.3, 0.4) is 0 Å². The lowest BCUT2D eigenvalue weighted by molar-refractivity contribution is -0.143. The van der Waals surface area contributed by atoms with Crippen molar-refractivity contribution < 1.29 is 19.1 Å². The van der Waals surface area contributed by atoms with E-state index in [2.05, 4.69) is 5.32 Å². The van der Waals surface area contributed by atoms with Crippen LogP contribution in [0.15, 0.2) is 46.9 Å². The average molecular weight is 338 g/mol. The average Bonchev–Trinajstić information content (AvgIpc) is 2.97. The van der Waals surface area contributed by atoms with Crippen LogP contribution >= 0.6 is 0 Å². The number of rotatable bonds is 4. The summed E-state index contributed by atoms with van der Waals surface area (Å²) in [7, 11) is 0. The molecule has 0 aliphatic carbocycles. The summed E-state index contributed by atoms with van der Waals surface area (Å²) in [6, 6.07) is 13.1. The molecule has 3 aromatic rings. The third kappa shape index (κ3) is 2.85. The van der Waals surface area contributed by atoms with Crippen LogP contribution in [0.2, 0.25) is 0 Å². The van der Waals surface area contributed by atoms with Crippen LogP contribution in [0.1, 0.15) is 12.0 Å². The quantitative estimate of drug-likeness (QED) is 0.763. The topological polar surface area (TPSA) is 82.8 Å². The van der Waals surface area contributed by atoms with Crippen molar-refractivity contribution in [1.29, 1.82) is 0 Å². The van der Waals surface area contributed by atoms with Gasteiger partial charge in [-0.15, -0.1) is 0 Å². The lowest BCUT2D eigenvalue weighted by Crippen LogP contribution is -2.55. The Labute approximate surface area is 144 Å². The molecule has 2 N–H and O–H groups in total. The van der Waals surface area contributed by atoms with Gasteiger partial charge in [-0.1, -0.05) is 36.4 Å². The minimum atomic E-state index is -0.978. The number of furan rings is 1. The van der Waals surface area contributed by atoms with Gasteiger partial charge in [0.2, 0.25) is 5.91 Å². The molecule has 2 aromatic carbocycles. The molecule has 6 nitrogen and oxygen atoms in total. The summed E-state index contributed by atoms with van der Waals surface area (Å²) in [5.74, 6) is -1.21. The molecule has 0 unspecified atom stereocenters. The predicted octanol–water partition coefficient (Wildman–Crippen LogP) is 2.36. The molecule has 1 fully saturated rings. The number of nitrogens with zero attached hydrogens (tertiary/aromatic N) is 1. The van der Waals surface area contributed by atoms with Gasteiger partial charge in [-0.3, -0.25) is 14.5 Å². The van der Waals surface area contributed by atoms with Crippen molar-refractivity contribution in [2.75, 3.05) is 13.1 Å². The molecule has 128 valence electrons. The largest absolute Gasteiger partial charge is 0.481 e. The summed E-state index contributed by atoms with van der Waals surface area (Å²) in [5.41, 5.74) is 2.57. The van der Waals surface area contributed by atoms with Crippen LogP contribution in [0.5, 0.6) is 0 Å². The van der Waals surface area contributed by atoms with Gasteiger partial charge in [-0.2, -0.15) is 0 Å². The second kappa shape index (κ2) is 6.22. The first-order valence-corrected chi connectivity index (χ1v) is 8.26. The molecular formula is C19H18N2O4. The lowest BCUT2D eigenvalue weighted by Gasteiger charge is -2.34. The highest BCUT2D eigenvalue weighted by atomic mass is 16.4. The Kier molecular flexibility index (Phi) is 3.89. The van der Waals surface area contributed by atoms with Crippen LogP contribution in [-0.4, -0.2) is 41.0 Å². The molecule has 0 radical (unpaired) electrons. The second-order valence-corrected chi connectivity index (χ2v) is 6.27. The number of para-hydroxylation sites is 2. The standard InChI is InChI=1S/C19H18N2O4/c22-17(23)10-15-19(24)20-8-9-21(15)11-12-4-3-6-14-13-5-1-2-7-16(13)25-18(12)14/h1-7,15H,8-11H2,(H,20,24)(H,22,23)/t15-/m1/s1. The molecule has 6 heteroatoms. The maximum absolute atomic E-state index is 12.1. The molecule has 0 saturated carbocycles. The van der Waals surface area contributed by atoms with Gasteiger partial charge in [0.15, 0.2) is 0 Å². The zero-order valence-electron chi connectivity index (χ0n) is 13.6. The van der Waals surface area contributed by atoms with E-state index in [4.69, 9.17) is 9.52 Å². The van der Waals surface area contributed by atoms with Gasteiger partial charge in [0.25, 0.3) is 0 Å². The Morgan fingerprint density at radius 1 is 1.20 bits per heavy atom. The van der Waals surface area contributed by atoms with Crippen molar-refractivity contribution >= 4 is 33.8 Å². The number of piperazine rings is 1. The van der Waals surface area contributed by atoms with Crippen LogP contribution in [0.4, 0.5) is 0 Å². The van der Waals surface area contributed by atoms with Gasteiger partial charge in [0.1, 0.15) is 17.2 Å². The highest BCUT2D eigenvalue weighted by Crippen LogP contribution is 2.31. The van der Waals surface area contributed by atoms with Gasteiger partial charge in [-0.25, -0.2) is 0 Å². The van der Waals surface area contributed by atoms with E-state index in [9.17, 15) is 9.59 Å². The first-order chi connectivity index (χ1) is 12.1. The fraction of sp³-hybridized carbons (Fsp3) is 0.263. The van der Waals surface area contributed by atoms with E-state index in [0.717, 1.165) is 27.5 Å². The van der Waals surface area contributed by atoms with E-state index in [0.29, 0.717) is 19.6 Å². The Balaban J connectivity index is 1.72. The Morgan fingerprint density at radius 2 is 2.00 bits per heavy atom. The van der Waals surface area contributed by atoms with Crippen molar-refractivity contribution in [2.24, 2.45) is 0 Å². The number of nitrogens with one attached hydrogen (secondary N) is 1. The van der Waals surface area contributed by atoms with E-state index in [1.54, 1.807) is 0 Å². The van der Waals surface area contributed by atoms with E-state index >= 15 is 0 Å². The van der Waals surface area contributed by atoms with E-state index in [1.807, 2.05) is 47.4 Å². The summed E-state index contributed by atoms with van der Waals surface area (Å²) in [6.45, 7) is 1.61. The van der Waals surface area contributed by atoms with Crippen LogP contribution in [0, 0.1) is 0 Å². The maximum atomic E-state index is 12.1. The number of benzene rings is 2. The number of carboxylic acids is 1. The summed E-state index contributed by atoms with van der Waals surface area (Å²) < 4.78 is 6.02. The summed E-state index contributed by atoms with van der Waals surface area (Å²) in [6.07, 6.45) is -0.206. The molecule has 0 bridgehead atoms. The molecule has 1 aliphatic rings. The molecule has 1 amide bonds. The second-order valence-electron chi connectivity index (χ2n) is 6.27. The fourth-order valence-electron chi connectivity index (χ4n) is 3.49. The molecular weight excluding hydrogens is 320 g/mol. The van der Waals surface area contributed by atoms with Gasteiger partial charge in [0.05, 0.1) is 6.42 Å². The van der Waals surface area contributed by atoms with E-state index < -0.39 is 12.0 Å².